The number of methoxy groups -OCH3 is 2. The standard InChI is InChI=1S/C16H24O4/c1-7-10-16(13(17)19-5,14(18)20-6)12-9-8-11-15(2,3)4/h7,9,11H,1,10,12H2,2-6H3. The van der Waals surface area contributed by atoms with E-state index in [9.17, 15) is 9.59 Å². The molecule has 0 rings (SSSR count). The Hall–Kier alpha value is -1.80. The lowest BCUT2D eigenvalue weighted by Gasteiger charge is -2.25. The fourth-order valence-corrected chi connectivity index (χ4v) is 1.68. The maximum atomic E-state index is 12.0. The molecule has 0 aliphatic heterocycles. The van der Waals surface area contributed by atoms with Crippen LogP contribution < -0.4 is 0 Å². The van der Waals surface area contributed by atoms with Crippen LogP contribution in [0.1, 0.15) is 33.6 Å². The highest BCUT2D eigenvalue weighted by Gasteiger charge is 2.46. The van der Waals surface area contributed by atoms with Crippen LogP contribution in [0.5, 0.6) is 0 Å². The van der Waals surface area contributed by atoms with E-state index >= 15 is 0 Å². The van der Waals surface area contributed by atoms with E-state index in [1.54, 1.807) is 6.08 Å². The minimum Gasteiger partial charge on any atom is -0.468 e. The van der Waals surface area contributed by atoms with E-state index in [1.165, 1.54) is 20.3 Å². The molecule has 0 atom stereocenters. The number of rotatable bonds is 6. The molecule has 0 aromatic rings. The molecule has 0 fully saturated rings. The highest BCUT2D eigenvalue weighted by atomic mass is 16.5. The maximum absolute atomic E-state index is 12.0. The number of carbonyl (C=O) groups is 2. The normalized spacial score (nSPS) is 11.1. The van der Waals surface area contributed by atoms with Crippen molar-refractivity contribution in [1.82, 2.24) is 0 Å². The first kappa shape index (κ1) is 18.2. The summed E-state index contributed by atoms with van der Waals surface area (Å²) in [5, 5.41) is 0. The van der Waals surface area contributed by atoms with Crippen molar-refractivity contribution < 1.29 is 19.1 Å². The third-order valence-corrected chi connectivity index (χ3v) is 2.73. The molecule has 0 aromatic heterocycles. The van der Waals surface area contributed by atoms with Crippen molar-refractivity contribution >= 4 is 11.9 Å². The predicted octanol–water partition coefficient (Wildman–Crippen LogP) is 3.04. The Morgan fingerprint density at radius 1 is 1.10 bits per heavy atom. The van der Waals surface area contributed by atoms with E-state index in [4.69, 9.17) is 9.47 Å². The van der Waals surface area contributed by atoms with Crippen LogP contribution in [0.15, 0.2) is 30.5 Å². The second kappa shape index (κ2) is 7.71. The van der Waals surface area contributed by atoms with Gasteiger partial charge in [0.1, 0.15) is 0 Å². The predicted molar refractivity (Wildman–Crippen MR) is 78.0 cm³/mol. The molecule has 0 radical (unpaired) electrons. The highest BCUT2D eigenvalue weighted by molar-refractivity contribution is 6.00. The van der Waals surface area contributed by atoms with Crippen LogP contribution in [-0.2, 0) is 19.1 Å². The fourth-order valence-electron chi connectivity index (χ4n) is 1.68. The third kappa shape index (κ3) is 5.06. The molecular formula is C16H24O4. The molecule has 4 heteroatoms. The van der Waals surface area contributed by atoms with Crippen molar-refractivity contribution in [3.8, 4) is 0 Å². The number of esters is 2. The molecule has 0 spiro atoms. The highest BCUT2D eigenvalue weighted by Crippen LogP contribution is 2.31. The van der Waals surface area contributed by atoms with Gasteiger partial charge in [-0.15, -0.1) is 12.3 Å². The molecule has 4 nitrogen and oxygen atoms in total. The van der Waals surface area contributed by atoms with Crippen molar-refractivity contribution in [2.45, 2.75) is 33.6 Å². The number of ether oxygens (including phenoxy) is 2. The summed E-state index contributed by atoms with van der Waals surface area (Å²) in [6, 6.07) is 0. The molecule has 0 bridgehead atoms. The summed E-state index contributed by atoms with van der Waals surface area (Å²) in [5.74, 6) is -1.25. The van der Waals surface area contributed by atoms with E-state index in [-0.39, 0.29) is 18.3 Å². The van der Waals surface area contributed by atoms with Gasteiger partial charge >= 0.3 is 11.9 Å². The number of hydrogen-bond donors (Lipinski definition) is 0. The number of carbonyl (C=O) groups excluding carboxylic acids is 2. The van der Waals surface area contributed by atoms with Gasteiger partial charge in [-0.3, -0.25) is 9.59 Å². The Bertz CT molecular complexity index is 404. The van der Waals surface area contributed by atoms with Gasteiger partial charge in [0.2, 0.25) is 0 Å². The summed E-state index contributed by atoms with van der Waals surface area (Å²) in [7, 11) is 2.50. The van der Waals surface area contributed by atoms with Gasteiger partial charge < -0.3 is 9.47 Å². The quantitative estimate of drug-likeness (QED) is 0.325. The first-order valence-corrected chi connectivity index (χ1v) is 6.43. The molecule has 0 aliphatic carbocycles. The van der Waals surface area contributed by atoms with Crippen LogP contribution in [0.3, 0.4) is 0 Å². The van der Waals surface area contributed by atoms with E-state index in [0.29, 0.717) is 0 Å². The molecule has 112 valence electrons. The summed E-state index contributed by atoms with van der Waals surface area (Å²) < 4.78 is 9.49. The third-order valence-electron chi connectivity index (χ3n) is 2.73. The van der Waals surface area contributed by atoms with Crippen LogP contribution in [0.25, 0.3) is 0 Å². The van der Waals surface area contributed by atoms with E-state index in [1.807, 2.05) is 26.8 Å². The lowest BCUT2D eigenvalue weighted by Crippen LogP contribution is -2.40. The maximum Gasteiger partial charge on any atom is 0.323 e. The largest absolute Gasteiger partial charge is 0.468 e. The topological polar surface area (TPSA) is 52.6 Å². The zero-order valence-electron chi connectivity index (χ0n) is 13.0. The number of hydrogen-bond acceptors (Lipinski definition) is 4. The molecule has 0 N–H and O–H groups in total. The summed E-state index contributed by atoms with van der Waals surface area (Å²) in [4.78, 5) is 24.0. The van der Waals surface area contributed by atoms with Crippen molar-refractivity contribution in [1.29, 1.82) is 0 Å². The summed E-state index contributed by atoms with van der Waals surface area (Å²) >= 11 is 0. The lowest BCUT2D eigenvalue weighted by molar-refractivity contribution is -0.168. The van der Waals surface area contributed by atoms with Gasteiger partial charge in [-0.25, -0.2) is 0 Å². The van der Waals surface area contributed by atoms with Crippen LogP contribution in [0, 0.1) is 10.8 Å². The molecule has 0 aliphatic rings. The van der Waals surface area contributed by atoms with Crippen LogP contribution in [0.2, 0.25) is 0 Å². The van der Waals surface area contributed by atoms with Gasteiger partial charge in [0.15, 0.2) is 5.41 Å². The molecule has 0 amide bonds. The van der Waals surface area contributed by atoms with Gasteiger partial charge in [0, 0.05) is 0 Å². The molecule has 0 unspecified atom stereocenters. The zero-order valence-corrected chi connectivity index (χ0v) is 13.0. The molecule has 0 saturated heterocycles. The summed E-state index contributed by atoms with van der Waals surface area (Å²) in [6.07, 6.45) is 5.35. The molecule has 0 aromatic carbocycles. The van der Waals surface area contributed by atoms with Gasteiger partial charge in [-0.1, -0.05) is 26.8 Å². The smallest absolute Gasteiger partial charge is 0.323 e. The number of allylic oxidation sites excluding steroid dienone is 2. The molecule has 0 saturated carbocycles. The Morgan fingerprint density at radius 2 is 1.60 bits per heavy atom. The second-order valence-electron chi connectivity index (χ2n) is 5.64. The lowest BCUT2D eigenvalue weighted by atomic mass is 9.81. The van der Waals surface area contributed by atoms with E-state index in [2.05, 4.69) is 12.3 Å². The summed E-state index contributed by atoms with van der Waals surface area (Å²) in [6.45, 7) is 9.69. The van der Waals surface area contributed by atoms with Crippen LogP contribution >= 0.6 is 0 Å². The van der Waals surface area contributed by atoms with E-state index in [0.717, 1.165) is 0 Å². The van der Waals surface area contributed by atoms with Crippen LogP contribution in [-0.4, -0.2) is 26.2 Å². The van der Waals surface area contributed by atoms with Crippen molar-refractivity contribution in [2.75, 3.05) is 14.2 Å². The minimum atomic E-state index is -1.38. The summed E-state index contributed by atoms with van der Waals surface area (Å²) in [5.41, 5.74) is 1.59. The Morgan fingerprint density at radius 3 is 1.95 bits per heavy atom. The van der Waals surface area contributed by atoms with Crippen LogP contribution in [0.4, 0.5) is 0 Å². The van der Waals surface area contributed by atoms with Crippen molar-refractivity contribution in [3.63, 3.8) is 0 Å². The van der Waals surface area contributed by atoms with Gasteiger partial charge in [-0.05, 0) is 30.4 Å². The molecule has 0 heterocycles. The van der Waals surface area contributed by atoms with Gasteiger partial charge in [-0.2, -0.15) is 0 Å². The monoisotopic (exact) mass is 280 g/mol. The fraction of sp³-hybridized carbons (Fsp3) is 0.562. The second-order valence-corrected chi connectivity index (χ2v) is 5.64. The van der Waals surface area contributed by atoms with E-state index < -0.39 is 17.4 Å². The average molecular weight is 280 g/mol. The van der Waals surface area contributed by atoms with Crippen molar-refractivity contribution in [2.24, 2.45) is 10.8 Å². The zero-order chi connectivity index (χ0) is 15.8. The first-order chi connectivity index (χ1) is 9.23. The molecule has 20 heavy (non-hydrogen) atoms. The SMILES string of the molecule is C=CCC(CC=C=CC(C)(C)C)(C(=O)OC)C(=O)OC. The minimum absolute atomic E-state index is 0.0197. The Balaban J connectivity index is 5.41. The van der Waals surface area contributed by atoms with Crippen molar-refractivity contribution in [3.05, 3.63) is 30.5 Å². The van der Waals surface area contributed by atoms with Gasteiger partial charge in [0.25, 0.3) is 0 Å². The Labute approximate surface area is 121 Å². The van der Waals surface area contributed by atoms with Gasteiger partial charge in [0.05, 0.1) is 14.2 Å². The molecular weight excluding hydrogens is 256 g/mol. The Kier molecular flexibility index (Phi) is 7.01. The average Bonchev–Trinajstić information content (AvgIpc) is 2.39. The first-order valence-electron chi connectivity index (χ1n) is 6.43.